The van der Waals surface area contributed by atoms with Gasteiger partial charge in [0.05, 0.1) is 17.2 Å². The van der Waals surface area contributed by atoms with Crippen molar-refractivity contribution in [2.45, 2.75) is 50.4 Å². The molecule has 35 heavy (non-hydrogen) atoms. The summed E-state index contributed by atoms with van der Waals surface area (Å²) in [7, 11) is 0. The molecule has 3 fully saturated rings. The highest BCUT2D eigenvalue weighted by molar-refractivity contribution is 6.42. The summed E-state index contributed by atoms with van der Waals surface area (Å²) >= 11 is 6.40. The molecule has 2 heterocycles. The van der Waals surface area contributed by atoms with Crippen molar-refractivity contribution in [2.24, 2.45) is 0 Å². The highest BCUT2D eigenvalue weighted by Crippen LogP contribution is 2.34. The predicted octanol–water partition coefficient (Wildman–Crippen LogP) is 3.59. The number of aliphatic hydroxyl groups excluding tert-OH is 1. The molecule has 2 aliphatic heterocycles. The van der Waals surface area contributed by atoms with Gasteiger partial charge in [-0.2, -0.15) is 0 Å². The summed E-state index contributed by atoms with van der Waals surface area (Å²) < 4.78 is 5.79. The number of amides is 1. The first-order valence-electron chi connectivity index (χ1n) is 12.5. The lowest BCUT2D eigenvalue weighted by atomic mass is 9.99. The molecule has 0 bridgehead atoms. The average Bonchev–Trinajstić information content (AvgIpc) is 3.49. The molecule has 1 aliphatic carbocycles. The van der Waals surface area contributed by atoms with Crippen LogP contribution in [0.2, 0.25) is 5.02 Å². The van der Waals surface area contributed by atoms with Gasteiger partial charge in [0.25, 0.3) is 5.91 Å². The molecular formula is C27H32ClN3O4. The third-order valence-electron chi connectivity index (χ3n) is 7.02. The molecule has 7 nitrogen and oxygen atoms in total. The van der Waals surface area contributed by atoms with E-state index in [2.05, 4.69) is 15.1 Å². The second-order valence-corrected chi connectivity index (χ2v) is 10.2. The lowest BCUT2D eigenvalue weighted by Gasteiger charge is -2.36. The molecular weight excluding hydrogens is 466 g/mol. The molecule has 0 radical (unpaired) electrons. The van der Waals surface area contributed by atoms with Crippen molar-refractivity contribution >= 4 is 29.0 Å². The van der Waals surface area contributed by atoms with Crippen LogP contribution in [0.1, 0.15) is 54.1 Å². The van der Waals surface area contributed by atoms with Gasteiger partial charge in [0.2, 0.25) is 5.78 Å². The summed E-state index contributed by atoms with van der Waals surface area (Å²) in [5, 5.41) is 14.4. The van der Waals surface area contributed by atoms with Crippen LogP contribution in [-0.2, 0) is 4.79 Å². The van der Waals surface area contributed by atoms with Gasteiger partial charge in [-0.25, -0.2) is 0 Å². The summed E-state index contributed by atoms with van der Waals surface area (Å²) in [6.45, 7) is 4.29. The number of halogens is 1. The standard InChI is InChI=1S/C27H32ClN3O4/c28-22-16-19(6-11-24(22)35-21-9-10-21)25(32)23(17-30-12-3-13-30)29-27(34)26(33)18-4-7-20(8-5-18)31-14-1-2-15-31/h4-8,11,16,21,23,25,32H,1-3,9-10,12-15,17H2,(H,29,34). The van der Waals surface area contributed by atoms with Gasteiger partial charge in [-0.1, -0.05) is 17.7 Å². The molecule has 0 spiro atoms. The van der Waals surface area contributed by atoms with E-state index in [1.807, 2.05) is 12.1 Å². The molecule has 2 aromatic carbocycles. The maximum absolute atomic E-state index is 12.9. The van der Waals surface area contributed by atoms with Gasteiger partial charge in [0.15, 0.2) is 0 Å². The first kappa shape index (κ1) is 24.1. The Bertz CT molecular complexity index is 1060. The topological polar surface area (TPSA) is 82.1 Å². The van der Waals surface area contributed by atoms with Gasteiger partial charge in [0, 0.05) is 30.9 Å². The summed E-state index contributed by atoms with van der Waals surface area (Å²) in [6, 6.07) is 11.7. The molecule has 2 saturated heterocycles. The largest absolute Gasteiger partial charge is 0.489 e. The number of hydrogen-bond donors (Lipinski definition) is 2. The molecule has 1 saturated carbocycles. The van der Waals surface area contributed by atoms with Gasteiger partial charge in [-0.15, -0.1) is 0 Å². The molecule has 186 valence electrons. The number of ketones is 1. The molecule has 8 heteroatoms. The first-order valence-corrected chi connectivity index (χ1v) is 12.9. The lowest BCUT2D eigenvalue weighted by Crippen LogP contribution is -2.52. The van der Waals surface area contributed by atoms with Crippen molar-refractivity contribution in [3.05, 3.63) is 58.6 Å². The molecule has 2 N–H and O–H groups in total. The van der Waals surface area contributed by atoms with Crippen molar-refractivity contribution in [1.82, 2.24) is 10.2 Å². The number of hydrogen-bond acceptors (Lipinski definition) is 6. The molecule has 2 atom stereocenters. The van der Waals surface area contributed by atoms with Crippen LogP contribution in [0, 0.1) is 0 Å². The van der Waals surface area contributed by atoms with Crippen LogP contribution in [0.5, 0.6) is 5.75 Å². The Morgan fingerprint density at radius 1 is 1.03 bits per heavy atom. The number of anilines is 1. The van der Waals surface area contributed by atoms with Gasteiger partial charge in [-0.3, -0.25) is 9.59 Å². The second-order valence-electron chi connectivity index (χ2n) is 9.76. The minimum absolute atomic E-state index is 0.220. The zero-order valence-corrected chi connectivity index (χ0v) is 20.5. The Morgan fingerprint density at radius 2 is 1.74 bits per heavy atom. The Kier molecular flexibility index (Phi) is 7.27. The number of nitrogens with zero attached hydrogens (tertiary/aromatic N) is 2. The van der Waals surface area contributed by atoms with Crippen LogP contribution in [-0.4, -0.2) is 66.6 Å². The van der Waals surface area contributed by atoms with E-state index in [0.29, 0.717) is 28.4 Å². The van der Waals surface area contributed by atoms with Crippen LogP contribution in [0.15, 0.2) is 42.5 Å². The van der Waals surface area contributed by atoms with Crippen molar-refractivity contribution in [3.8, 4) is 5.75 Å². The molecule has 0 aromatic heterocycles. The second kappa shape index (κ2) is 10.6. The molecule has 5 rings (SSSR count). The van der Waals surface area contributed by atoms with Crippen LogP contribution in [0.25, 0.3) is 0 Å². The predicted molar refractivity (Wildman–Crippen MR) is 135 cm³/mol. The third kappa shape index (κ3) is 5.80. The molecule has 1 amide bonds. The van der Waals surface area contributed by atoms with E-state index in [9.17, 15) is 14.7 Å². The van der Waals surface area contributed by atoms with Crippen molar-refractivity contribution < 1.29 is 19.4 Å². The number of rotatable bonds is 10. The minimum Gasteiger partial charge on any atom is -0.489 e. The first-order chi connectivity index (χ1) is 17.0. The minimum atomic E-state index is -1.02. The van der Waals surface area contributed by atoms with Crippen molar-refractivity contribution in [2.75, 3.05) is 37.6 Å². The highest BCUT2D eigenvalue weighted by atomic mass is 35.5. The van der Waals surface area contributed by atoms with Gasteiger partial charge >= 0.3 is 0 Å². The monoisotopic (exact) mass is 497 g/mol. The maximum Gasteiger partial charge on any atom is 0.292 e. The van der Waals surface area contributed by atoms with E-state index >= 15 is 0 Å². The summed E-state index contributed by atoms with van der Waals surface area (Å²) in [5.74, 6) is -0.728. The Balaban J connectivity index is 1.27. The normalized spacial score (nSPS) is 19.7. The number of likely N-dealkylation sites (tertiary alicyclic amines) is 1. The van der Waals surface area contributed by atoms with Gasteiger partial charge in [-0.05, 0) is 87.2 Å². The summed E-state index contributed by atoms with van der Waals surface area (Å²) in [6.07, 6.45) is 4.68. The fourth-order valence-corrected chi connectivity index (χ4v) is 4.86. The summed E-state index contributed by atoms with van der Waals surface area (Å²) in [5.41, 5.74) is 1.98. The zero-order chi connectivity index (χ0) is 24.4. The Morgan fingerprint density at radius 3 is 2.34 bits per heavy atom. The number of ether oxygens (including phenoxy) is 1. The van der Waals surface area contributed by atoms with Gasteiger partial charge < -0.3 is 25.0 Å². The average molecular weight is 498 g/mol. The van der Waals surface area contributed by atoms with Crippen LogP contribution >= 0.6 is 11.6 Å². The highest BCUT2D eigenvalue weighted by Gasteiger charge is 2.31. The zero-order valence-electron chi connectivity index (χ0n) is 19.8. The van der Waals surface area contributed by atoms with Crippen molar-refractivity contribution in [3.63, 3.8) is 0 Å². The fourth-order valence-electron chi connectivity index (χ4n) is 4.63. The van der Waals surface area contributed by atoms with E-state index in [1.54, 1.807) is 30.3 Å². The van der Waals surface area contributed by atoms with E-state index in [4.69, 9.17) is 16.3 Å². The smallest absolute Gasteiger partial charge is 0.292 e. The number of Topliss-reactive ketones (excluding diaryl/α,β-unsaturated/α-hetero) is 1. The summed E-state index contributed by atoms with van der Waals surface area (Å²) in [4.78, 5) is 30.2. The molecule has 2 aromatic rings. The number of carbonyl (C=O) groups is 2. The number of aliphatic hydroxyl groups is 1. The fraction of sp³-hybridized carbons (Fsp3) is 0.481. The number of benzene rings is 2. The SMILES string of the molecule is O=C(NC(CN1CCC1)C(O)c1ccc(OC2CC2)c(Cl)c1)C(=O)c1ccc(N2CCCC2)cc1. The van der Waals surface area contributed by atoms with E-state index in [1.165, 1.54) is 12.8 Å². The van der Waals surface area contributed by atoms with Gasteiger partial charge in [0.1, 0.15) is 11.9 Å². The number of nitrogens with one attached hydrogen (secondary N) is 1. The van der Waals surface area contributed by atoms with Crippen LogP contribution < -0.4 is 15.0 Å². The van der Waals surface area contributed by atoms with E-state index in [-0.39, 0.29) is 6.10 Å². The maximum atomic E-state index is 12.9. The Labute approximate surface area is 211 Å². The molecule has 2 unspecified atom stereocenters. The van der Waals surface area contributed by atoms with Crippen LogP contribution in [0.3, 0.4) is 0 Å². The molecule has 3 aliphatic rings. The number of carbonyl (C=O) groups excluding carboxylic acids is 2. The van der Waals surface area contributed by atoms with Crippen molar-refractivity contribution in [1.29, 1.82) is 0 Å². The van der Waals surface area contributed by atoms with E-state index < -0.39 is 23.8 Å². The quantitative estimate of drug-likeness (QED) is 0.385. The third-order valence-corrected chi connectivity index (χ3v) is 7.32. The van der Waals surface area contributed by atoms with Crippen LogP contribution in [0.4, 0.5) is 5.69 Å². The lowest BCUT2D eigenvalue weighted by molar-refractivity contribution is -0.118. The van der Waals surface area contributed by atoms with E-state index in [0.717, 1.165) is 51.1 Å². The Hall–Kier alpha value is -2.61.